The zero-order chi connectivity index (χ0) is 28.7. The SMILES string of the molecule is Cc1cnn(-c2ccccc2C(=O)N2CCC(F)(F)C(Oc3nc4ccccc4cc3OC(=O)C(F)(F)F)C2)c1. The summed E-state index contributed by atoms with van der Waals surface area (Å²) in [6.45, 7) is 0.905. The first-order valence-electron chi connectivity index (χ1n) is 12.1. The molecule has 13 heteroatoms. The lowest BCUT2D eigenvalue weighted by atomic mass is 10.0. The maximum atomic E-state index is 15.0. The molecule has 208 valence electrons. The summed E-state index contributed by atoms with van der Waals surface area (Å²) in [5.74, 6) is -8.12. The Kier molecular flexibility index (Phi) is 6.90. The Labute approximate surface area is 223 Å². The number of ether oxygens (including phenoxy) is 2. The fourth-order valence-electron chi connectivity index (χ4n) is 4.28. The highest BCUT2D eigenvalue weighted by atomic mass is 19.4. The molecule has 1 aliphatic rings. The molecular weight excluding hydrogens is 539 g/mol. The molecule has 4 aromatic rings. The molecule has 40 heavy (non-hydrogen) atoms. The number of aryl methyl sites for hydroxylation is 1. The maximum Gasteiger partial charge on any atom is 0.491 e. The Balaban J connectivity index is 1.45. The zero-order valence-corrected chi connectivity index (χ0v) is 20.9. The van der Waals surface area contributed by atoms with Crippen LogP contribution in [0.1, 0.15) is 22.3 Å². The van der Waals surface area contributed by atoms with Gasteiger partial charge in [0.2, 0.25) is 0 Å². The third-order valence-corrected chi connectivity index (χ3v) is 6.30. The Morgan fingerprint density at radius 1 is 1.07 bits per heavy atom. The molecule has 1 atom stereocenters. The molecule has 1 aliphatic heterocycles. The van der Waals surface area contributed by atoms with Crippen molar-refractivity contribution < 1.29 is 41.0 Å². The number of para-hydroxylation sites is 2. The predicted molar refractivity (Wildman–Crippen MR) is 132 cm³/mol. The third kappa shape index (κ3) is 5.44. The molecular formula is C27H21F5N4O4. The van der Waals surface area contributed by atoms with Crippen LogP contribution in [0.3, 0.4) is 0 Å². The van der Waals surface area contributed by atoms with E-state index in [2.05, 4.69) is 14.8 Å². The molecule has 2 aromatic carbocycles. The summed E-state index contributed by atoms with van der Waals surface area (Å²) in [6.07, 6.45) is -4.82. The summed E-state index contributed by atoms with van der Waals surface area (Å²) in [4.78, 5) is 30.2. The van der Waals surface area contributed by atoms with E-state index in [0.717, 1.165) is 11.6 Å². The number of rotatable bonds is 5. The number of nitrogens with zero attached hydrogens (tertiary/aromatic N) is 4. The average molecular weight is 560 g/mol. The number of carbonyl (C=O) groups excluding carboxylic acids is 2. The fourth-order valence-corrected chi connectivity index (χ4v) is 4.28. The van der Waals surface area contributed by atoms with Gasteiger partial charge in [0.05, 0.1) is 29.5 Å². The minimum absolute atomic E-state index is 0.207. The summed E-state index contributed by atoms with van der Waals surface area (Å²) < 4.78 is 80.2. The molecule has 0 saturated carbocycles. The monoisotopic (exact) mass is 560 g/mol. The summed E-state index contributed by atoms with van der Waals surface area (Å²) in [5, 5.41) is 4.50. The van der Waals surface area contributed by atoms with Gasteiger partial charge in [0, 0.05) is 24.5 Å². The second-order valence-electron chi connectivity index (χ2n) is 9.22. The number of alkyl halides is 5. The molecule has 0 N–H and O–H groups in total. The number of amides is 1. The second kappa shape index (κ2) is 10.2. The first-order valence-corrected chi connectivity index (χ1v) is 12.1. The van der Waals surface area contributed by atoms with Crippen molar-refractivity contribution in [3.63, 3.8) is 0 Å². The van der Waals surface area contributed by atoms with Gasteiger partial charge < -0.3 is 14.4 Å². The van der Waals surface area contributed by atoms with Crippen LogP contribution >= 0.6 is 0 Å². The van der Waals surface area contributed by atoms with Crippen LogP contribution in [-0.4, -0.2) is 62.8 Å². The molecule has 0 spiro atoms. The highest BCUT2D eigenvalue weighted by molar-refractivity contribution is 5.98. The van der Waals surface area contributed by atoms with Crippen molar-refractivity contribution in [3.8, 4) is 17.3 Å². The van der Waals surface area contributed by atoms with Crippen molar-refractivity contribution in [2.24, 2.45) is 0 Å². The van der Waals surface area contributed by atoms with Gasteiger partial charge in [-0.25, -0.2) is 23.2 Å². The van der Waals surface area contributed by atoms with E-state index < -0.39 is 54.7 Å². The largest absolute Gasteiger partial charge is 0.491 e. The first-order chi connectivity index (χ1) is 18.9. The number of piperidine rings is 1. The van der Waals surface area contributed by atoms with Crippen molar-refractivity contribution in [2.45, 2.75) is 31.5 Å². The average Bonchev–Trinajstić information content (AvgIpc) is 3.35. The van der Waals surface area contributed by atoms with Gasteiger partial charge in [0.25, 0.3) is 17.7 Å². The molecule has 0 bridgehead atoms. The van der Waals surface area contributed by atoms with E-state index in [0.29, 0.717) is 5.69 Å². The number of pyridine rings is 1. The molecule has 1 saturated heterocycles. The van der Waals surface area contributed by atoms with Gasteiger partial charge in [-0.15, -0.1) is 0 Å². The van der Waals surface area contributed by atoms with Crippen LogP contribution in [0.15, 0.2) is 67.0 Å². The third-order valence-electron chi connectivity index (χ3n) is 6.30. The molecule has 0 radical (unpaired) electrons. The molecule has 3 heterocycles. The summed E-state index contributed by atoms with van der Waals surface area (Å²) >= 11 is 0. The van der Waals surface area contributed by atoms with Crippen molar-refractivity contribution in [3.05, 3.63) is 78.1 Å². The lowest BCUT2D eigenvalue weighted by Crippen LogP contribution is -2.55. The van der Waals surface area contributed by atoms with E-state index >= 15 is 8.78 Å². The van der Waals surface area contributed by atoms with Gasteiger partial charge in [-0.05, 0) is 36.8 Å². The van der Waals surface area contributed by atoms with Crippen LogP contribution in [0.5, 0.6) is 11.6 Å². The summed E-state index contributed by atoms with van der Waals surface area (Å²) in [7, 11) is 0. The Morgan fingerprint density at radius 3 is 2.52 bits per heavy atom. The van der Waals surface area contributed by atoms with E-state index in [4.69, 9.17) is 4.74 Å². The zero-order valence-electron chi connectivity index (χ0n) is 20.9. The van der Waals surface area contributed by atoms with Crippen molar-refractivity contribution >= 4 is 22.8 Å². The highest BCUT2D eigenvalue weighted by Gasteiger charge is 2.48. The summed E-state index contributed by atoms with van der Waals surface area (Å²) in [6, 6.07) is 13.7. The molecule has 2 aromatic heterocycles. The normalized spacial score (nSPS) is 17.1. The minimum atomic E-state index is -5.35. The Hall–Kier alpha value is -4.55. The van der Waals surface area contributed by atoms with E-state index in [-0.39, 0.29) is 23.0 Å². The Morgan fingerprint density at radius 2 is 1.80 bits per heavy atom. The number of esters is 1. The van der Waals surface area contributed by atoms with Gasteiger partial charge in [-0.1, -0.05) is 30.3 Å². The van der Waals surface area contributed by atoms with E-state index in [1.165, 1.54) is 27.8 Å². The number of aromatic nitrogens is 3. The molecule has 0 aliphatic carbocycles. The van der Waals surface area contributed by atoms with Crippen molar-refractivity contribution in [2.75, 3.05) is 13.1 Å². The van der Waals surface area contributed by atoms with Crippen LogP contribution in [0.25, 0.3) is 16.6 Å². The lowest BCUT2D eigenvalue weighted by molar-refractivity contribution is -0.190. The second-order valence-corrected chi connectivity index (χ2v) is 9.22. The molecule has 1 unspecified atom stereocenters. The van der Waals surface area contributed by atoms with E-state index in [9.17, 15) is 22.8 Å². The fraction of sp³-hybridized carbons (Fsp3) is 0.259. The highest BCUT2D eigenvalue weighted by Crippen LogP contribution is 2.37. The minimum Gasteiger partial charge on any atom is -0.463 e. The lowest BCUT2D eigenvalue weighted by Gasteiger charge is -2.38. The van der Waals surface area contributed by atoms with Crippen molar-refractivity contribution in [1.29, 1.82) is 0 Å². The van der Waals surface area contributed by atoms with Gasteiger partial charge in [-0.3, -0.25) is 4.79 Å². The van der Waals surface area contributed by atoms with Gasteiger partial charge in [-0.2, -0.15) is 18.3 Å². The quantitative estimate of drug-likeness (QED) is 0.249. The molecule has 1 fully saturated rings. The van der Waals surface area contributed by atoms with Crippen LogP contribution in [0, 0.1) is 6.92 Å². The summed E-state index contributed by atoms with van der Waals surface area (Å²) in [5.41, 5.74) is 1.70. The van der Waals surface area contributed by atoms with Crippen LogP contribution in [-0.2, 0) is 4.79 Å². The number of hydrogen-bond donors (Lipinski definition) is 0. The number of hydrogen-bond acceptors (Lipinski definition) is 6. The van der Waals surface area contributed by atoms with Gasteiger partial charge >= 0.3 is 12.1 Å². The smallest absolute Gasteiger partial charge is 0.463 e. The number of fused-ring (bicyclic) bond motifs is 1. The molecule has 1 amide bonds. The van der Waals surface area contributed by atoms with E-state index in [1.807, 2.05) is 6.92 Å². The van der Waals surface area contributed by atoms with Gasteiger partial charge in [0.1, 0.15) is 0 Å². The number of benzene rings is 2. The van der Waals surface area contributed by atoms with E-state index in [1.54, 1.807) is 42.7 Å². The van der Waals surface area contributed by atoms with Gasteiger partial charge in [0.15, 0.2) is 11.9 Å². The number of halogens is 5. The molecule has 5 rings (SSSR count). The topological polar surface area (TPSA) is 86.6 Å². The standard InChI is InChI=1S/C27H21F5N4O4/c1-16-13-33-36(14-16)20-9-5-3-7-18(20)24(37)35-11-10-26(28,29)22(15-35)40-23-21(39-25(38)27(30,31)32)12-17-6-2-4-8-19(17)34-23/h2-9,12-14,22H,10-11,15H2,1H3. The molecule has 8 nitrogen and oxygen atoms in total. The van der Waals surface area contributed by atoms with Crippen LogP contribution < -0.4 is 9.47 Å². The van der Waals surface area contributed by atoms with Crippen molar-refractivity contribution in [1.82, 2.24) is 19.7 Å². The maximum absolute atomic E-state index is 15.0. The number of carbonyl (C=O) groups is 2. The van der Waals surface area contributed by atoms with Crippen LogP contribution in [0.2, 0.25) is 0 Å². The first kappa shape index (κ1) is 27.0. The van der Waals surface area contributed by atoms with Crippen LogP contribution in [0.4, 0.5) is 22.0 Å². The Bertz CT molecular complexity index is 1590. The number of likely N-dealkylation sites (tertiary alicyclic amines) is 1. The predicted octanol–water partition coefficient (Wildman–Crippen LogP) is 5.13.